The number of hydrogen-bond acceptors (Lipinski definition) is 2. The van der Waals surface area contributed by atoms with Gasteiger partial charge in [0, 0.05) is 13.1 Å². The molecule has 0 aliphatic heterocycles. The Kier molecular flexibility index (Phi) is 3.64. The van der Waals surface area contributed by atoms with Crippen LogP contribution in [0.25, 0.3) is 0 Å². The van der Waals surface area contributed by atoms with E-state index in [0.29, 0.717) is 6.54 Å². The first-order chi connectivity index (χ1) is 7.77. The molecule has 0 saturated heterocycles. The molecule has 0 unspecified atom stereocenters. The summed E-state index contributed by atoms with van der Waals surface area (Å²) in [6.45, 7) is 1.29. The highest BCUT2D eigenvalue weighted by Crippen LogP contribution is 2.44. The van der Waals surface area contributed by atoms with E-state index in [1.165, 1.54) is 31.3 Å². The lowest BCUT2D eigenvalue weighted by molar-refractivity contribution is -0.125. The maximum absolute atomic E-state index is 11.8. The van der Waals surface area contributed by atoms with Gasteiger partial charge in [0.25, 0.3) is 0 Å². The first-order valence-corrected chi connectivity index (χ1v) is 6.43. The average molecular weight is 222 g/mol. The molecule has 0 atom stereocenters. The molecule has 1 fully saturated rings. The van der Waals surface area contributed by atoms with Crippen molar-refractivity contribution < 1.29 is 4.79 Å². The zero-order valence-corrected chi connectivity index (χ0v) is 9.93. The van der Waals surface area contributed by atoms with Crippen LogP contribution in [0.4, 0.5) is 0 Å². The molecule has 0 heterocycles. The van der Waals surface area contributed by atoms with E-state index >= 15 is 0 Å². The lowest BCUT2D eigenvalue weighted by Gasteiger charge is -2.15. The number of hydrogen-bond donors (Lipinski definition) is 2. The second-order valence-corrected chi connectivity index (χ2v) is 5.10. The summed E-state index contributed by atoms with van der Waals surface area (Å²) >= 11 is 0. The molecule has 2 rings (SSSR count). The summed E-state index contributed by atoms with van der Waals surface area (Å²) in [4.78, 5) is 11.8. The lowest BCUT2D eigenvalue weighted by atomic mass is 9.97. The van der Waals surface area contributed by atoms with Crippen molar-refractivity contribution in [2.45, 2.75) is 44.9 Å². The van der Waals surface area contributed by atoms with Gasteiger partial charge >= 0.3 is 0 Å². The van der Waals surface area contributed by atoms with E-state index in [-0.39, 0.29) is 11.3 Å². The van der Waals surface area contributed by atoms with Gasteiger partial charge in [0.2, 0.25) is 5.91 Å². The molecule has 0 bridgehead atoms. The lowest BCUT2D eigenvalue weighted by Crippen LogP contribution is -2.37. The maximum Gasteiger partial charge on any atom is 0.227 e. The Hall–Kier alpha value is -0.830. The summed E-state index contributed by atoms with van der Waals surface area (Å²) in [5.74, 6) is 0.173. The van der Waals surface area contributed by atoms with Gasteiger partial charge in [0.15, 0.2) is 0 Å². The van der Waals surface area contributed by atoms with Crippen LogP contribution >= 0.6 is 0 Å². The zero-order chi connectivity index (χ0) is 11.4. The van der Waals surface area contributed by atoms with Gasteiger partial charge in [-0.25, -0.2) is 0 Å². The SMILES string of the molecule is NCC1(C(=O)NCCC2=CCCCC2)CC1. The van der Waals surface area contributed by atoms with Crippen LogP contribution in [0.15, 0.2) is 11.6 Å². The third-order valence-corrected chi connectivity index (χ3v) is 3.84. The third-order valence-electron chi connectivity index (χ3n) is 3.84. The molecule has 2 aliphatic carbocycles. The number of carbonyl (C=O) groups excluding carboxylic acids is 1. The molecule has 0 spiro atoms. The summed E-state index contributed by atoms with van der Waals surface area (Å²) in [5.41, 5.74) is 6.94. The van der Waals surface area contributed by atoms with Crippen LogP contribution in [0, 0.1) is 5.41 Å². The normalized spacial score (nSPS) is 22.4. The van der Waals surface area contributed by atoms with Crippen molar-refractivity contribution in [2.24, 2.45) is 11.1 Å². The Bertz CT molecular complexity index is 292. The van der Waals surface area contributed by atoms with E-state index < -0.39 is 0 Å². The monoisotopic (exact) mass is 222 g/mol. The summed E-state index contributed by atoms with van der Waals surface area (Å²) < 4.78 is 0. The number of carbonyl (C=O) groups is 1. The molecule has 0 aromatic heterocycles. The predicted molar refractivity (Wildman–Crippen MR) is 64.9 cm³/mol. The maximum atomic E-state index is 11.8. The Morgan fingerprint density at radius 1 is 1.44 bits per heavy atom. The Morgan fingerprint density at radius 3 is 2.81 bits per heavy atom. The largest absolute Gasteiger partial charge is 0.355 e. The minimum atomic E-state index is -0.194. The molecule has 3 nitrogen and oxygen atoms in total. The Balaban J connectivity index is 1.68. The van der Waals surface area contributed by atoms with Crippen LogP contribution in [0.3, 0.4) is 0 Å². The molecule has 1 saturated carbocycles. The molecule has 3 heteroatoms. The van der Waals surface area contributed by atoms with Gasteiger partial charge in [0.1, 0.15) is 0 Å². The second-order valence-electron chi connectivity index (χ2n) is 5.10. The standard InChI is InChI=1S/C13H22N2O/c14-10-13(7-8-13)12(16)15-9-6-11-4-2-1-3-5-11/h4H,1-3,5-10,14H2,(H,15,16). The third kappa shape index (κ3) is 2.64. The molecule has 0 aromatic carbocycles. The van der Waals surface area contributed by atoms with Gasteiger partial charge < -0.3 is 11.1 Å². The van der Waals surface area contributed by atoms with Crippen LogP contribution in [0.5, 0.6) is 0 Å². The fraction of sp³-hybridized carbons (Fsp3) is 0.769. The highest BCUT2D eigenvalue weighted by atomic mass is 16.2. The van der Waals surface area contributed by atoms with Gasteiger partial charge in [0.05, 0.1) is 5.41 Å². The molecule has 1 amide bonds. The van der Waals surface area contributed by atoms with Crippen molar-refractivity contribution >= 4 is 5.91 Å². The smallest absolute Gasteiger partial charge is 0.227 e. The summed E-state index contributed by atoms with van der Waals surface area (Å²) in [7, 11) is 0. The van der Waals surface area contributed by atoms with Gasteiger partial charge in [-0.15, -0.1) is 0 Å². The minimum Gasteiger partial charge on any atom is -0.355 e. The van der Waals surface area contributed by atoms with Crippen LogP contribution in [-0.4, -0.2) is 19.0 Å². The first kappa shape index (κ1) is 11.6. The first-order valence-electron chi connectivity index (χ1n) is 6.43. The van der Waals surface area contributed by atoms with Crippen molar-refractivity contribution in [1.82, 2.24) is 5.32 Å². The van der Waals surface area contributed by atoms with Crippen molar-refractivity contribution in [1.29, 1.82) is 0 Å². The molecular formula is C13H22N2O. The van der Waals surface area contributed by atoms with Crippen molar-refractivity contribution in [3.63, 3.8) is 0 Å². The van der Waals surface area contributed by atoms with Gasteiger partial charge in [-0.1, -0.05) is 11.6 Å². The zero-order valence-electron chi connectivity index (χ0n) is 9.93. The number of nitrogens with two attached hydrogens (primary N) is 1. The number of rotatable bonds is 5. The molecule has 0 radical (unpaired) electrons. The highest BCUT2D eigenvalue weighted by Gasteiger charge is 2.48. The topological polar surface area (TPSA) is 55.1 Å². The van der Waals surface area contributed by atoms with Crippen LogP contribution in [-0.2, 0) is 4.79 Å². The number of amides is 1. The van der Waals surface area contributed by atoms with E-state index in [2.05, 4.69) is 11.4 Å². The van der Waals surface area contributed by atoms with E-state index in [1.54, 1.807) is 0 Å². The van der Waals surface area contributed by atoms with E-state index in [4.69, 9.17) is 5.73 Å². The summed E-state index contributed by atoms with van der Waals surface area (Å²) in [5, 5.41) is 3.02. The van der Waals surface area contributed by atoms with E-state index in [9.17, 15) is 4.79 Å². The Labute approximate surface area is 97.5 Å². The highest BCUT2D eigenvalue weighted by molar-refractivity contribution is 5.85. The van der Waals surface area contributed by atoms with Crippen molar-refractivity contribution in [3.8, 4) is 0 Å². The average Bonchev–Trinajstić information content (AvgIpc) is 3.11. The fourth-order valence-electron chi connectivity index (χ4n) is 2.33. The Morgan fingerprint density at radius 2 is 2.25 bits per heavy atom. The molecular weight excluding hydrogens is 200 g/mol. The fourth-order valence-corrected chi connectivity index (χ4v) is 2.33. The predicted octanol–water partition coefficient (Wildman–Crippen LogP) is 1.73. The van der Waals surface area contributed by atoms with Gasteiger partial charge in [-0.05, 0) is 44.9 Å². The van der Waals surface area contributed by atoms with Crippen LogP contribution in [0.2, 0.25) is 0 Å². The number of nitrogens with one attached hydrogen (secondary N) is 1. The molecule has 90 valence electrons. The van der Waals surface area contributed by atoms with Gasteiger partial charge in [-0.3, -0.25) is 4.79 Å². The van der Waals surface area contributed by atoms with E-state index in [1.807, 2.05) is 0 Å². The summed E-state index contributed by atoms with van der Waals surface area (Å²) in [6.07, 6.45) is 10.4. The van der Waals surface area contributed by atoms with Crippen molar-refractivity contribution in [2.75, 3.05) is 13.1 Å². The quantitative estimate of drug-likeness (QED) is 0.696. The van der Waals surface area contributed by atoms with Gasteiger partial charge in [-0.2, -0.15) is 0 Å². The van der Waals surface area contributed by atoms with Crippen LogP contribution < -0.4 is 11.1 Å². The molecule has 0 aromatic rings. The molecule has 3 N–H and O–H groups in total. The van der Waals surface area contributed by atoms with E-state index in [0.717, 1.165) is 25.8 Å². The second kappa shape index (κ2) is 5.00. The minimum absolute atomic E-state index is 0.173. The summed E-state index contributed by atoms with van der Waals surface area (Å²) in [6, 6.07) is 0. The number of allylic oxidation sites excluding steroid dienone is 1. The van der Waals surface area contributed by atoms with Crippen LogP contribution in [0.1, 0.15) is 44.9 Å². The van der Waals surface area contributed by atoms with Crippen molar-refractivity contribution in [3.05, 3.63) is 11.6 Å². The molecule has 2 aliphatic rings. The molecule has 16 heavy (non-hydrogen) atoms.